The van der Waals surface area contributed by atoms with Gasteiger partial charge in [0.2, 0.25) is 0 Å². The number of fused-ring (bicyclic) bond motifs is 1. The van der Waals surface area contributed by atoms with Crippen molar-refractivity contribution in [2.24, 2.45) is 0 Å². The Balaban J connectivity index is 1.44. The number of likely N-dealkylation sites (N-methyl/N-ethyl adjacent to an activating group) is 1. The molecule has 0 aliphatic carbocycles. The summed E-state index contributed by atoms with van der Waals surface area (Å²) in [6, 6.07) is 13.1. The molecule has 1 aliphatic rings. The number of aromatic nitrogens is 3. The number of likely N-dealkylation sites (tertiary alicyclic amines) is 1. The fourth-order valence-corrected chi connectivity index (χ4v) is 5.12. The van der Waals surface area contributed by atoms with Crippen LogP contribution in [-0.2, 0) is 6.54 Å². The van der Waals surface area contributed by atoms with Crippen LogP contribution in [0.2, 0.25) is 0 Å². The summed E-state index contributed by atoms with van der Waals surface area (Å²) in [6.45, 7) is 3.08. The molecule has 4 aromatic rings. The Hall–Kier alpha value is -3.14. The minimum absolute atomic E-state index is 0.271. The van der Waals surface area contributed by atoms with E-state index in [0.29, 0.717) is 11.2 Å². The molecule has 1 saturated heterocycles. The zero-order valence-corrected chi connectivity index (χ0v) is 20.4. The van der Waals surface area contributed by atoms with Gasteiger partial charge in [-0.05, 0) is 62.5 Å². The quantitative estimate of drug-likeness (QED) is 0.442. The van der Waals surface area contributed by atoms with Crippen molar-refractivity contribution in [2.45, 2.75) is 19.0 Å². The zero-order valence-electron chi connectivity index (χ0n) is 19.6. The van der Waals surface area contributed by atoms with Gasteiger partial charge in [-0.25, -0.2) is 14.4 Å². The molecule has 34 heavy (non-hydrogen) atoms. The lowest BCUT2D eigenvalue weighted by Gasteiger charge is -2.20. The van der Waals surface area contributed by atoms with Crippen molar-refractivity contribution in [2.75, 3.05) is 44.9 Å². The number of nitrogen functional groups attached to an aromatic ring is 1. The molecule has 4 heterocycles. The SMILES string of the molecule is CN(c1ccc(F)cc1)c1cc(-c2ccc(CN3CCC(N(C)C)C3)cn2)c2nc(N)sc2n1. The average Bonchev–Trinajstić information content (AvgIpc) is 3.45. The van der Waals surface area contributed by atoms with Gasteiger partial charge < -0.3 is 15.5 Å². The molecular weight excluding hydrogens is 449 g/mol. The average molecular weight is 478 g/mol. The Morgan fingerprint density at radius 1 is 1.12 bits per heavy atom. The number of hydrogen-bond acceptors (Lipinski definition) is 8. The van der Waals surface area contributed by atoms with E-state index in [1.165, 1.54) is 35.5 Å². The number of pyridine rings is 2. The first kappa shape index (κ1) is 22.6. The van der Waals surface area contributed by atoms with Crippen LogP contribution in [-0.4, -0.2) is 65.0 Å². The van der Waals surface area contributed by atoms with Crippen molar-refractivity contribution < 1.29 is 4.39 Å². The maximum Gasteiger partial charge on any atom is 0.182 e. The molecule has 1 atom stereocenters. The Morgan fingerprint density at radius 2 is 1.91 bits per heavy atom. The summed E-state index contributed by atoms with van der Waals surface area (Å²) in [5, 5.41) is 0.464. The number of rotatable bonds is 6. The number of anilines is 3. The lowest BCUT2D eigenvalue weighted by Crippen LogP contribution is -2.31. The Labute approximate surface area is 202 Å². The normalized spacial score (nSPS) is 16.6. The first-order chi connectivity index (χ1) is 16.4. The molecule has 3 aromatic heterocycles. The largest absolute Gasteiger partial charge is 0.375 e. The highest BCUT2D eigenvalue weighted by Crippen LogP contribution is 2.35. The fraction of sp³-hybridized carbons (Fsp3) is 0.320. The van der Waals surface area contributed by atoms with Crippen molar-refractivity contribution in [1.82, 2.24) is 24.8 Å². The van der Waals surface area contributed by atoms with E-state index in [2.05, 4.69) is 34.9 Å². The summed E-state index contributed by atoms with van der Waals surface area (Å²) >= 11 is 1.35. The molecule has 9 heteroatoms. The molecule has 2 N–H and O–H groups in total. The minimum atomic E-state index is -0.271. The summed E-state index contributed by atoms with van der Waals surface area (Å²) in [4.78, 5) is 21.5. The van der Waals surface area contributed by atoms with Gasteiger partial charge in [-0.15, -0.1) is 0 Å². The smallest absolute Gasteiger partial charge is 0.182 e. The minimum Gasteiger partial charge on any atom is -0.375 e. The predicted molar refractivity (Wildman–Crippen MR) is 137 cm³/mol. The third-order valence-corrected chi connectivity index (χ3v) is 7.19. The summed E-state index contributed by atoms with van der Waals surface area (Å²) < 4.78 is 13.4. The van der Waals surface area contributed by atoms with Crippen molar-refractivity contribution in [3.63, 3.8) is 0 Å². The first-order valence-corrected chi connectivity index (χ1v) is 12.1. The maximum atomic E-state index is 13.4. The highest BCUT2D eigenvalue weighted by Gasteiger charge is 2.24. The third-order valence-electron chi connectivity index (χ3n) is 6.41. The second-order valence-electron chi connectivity index (χ2n) is 8.96. The van der Waals surface area contributed by atoms with Gasteiger partial charge in [0.25, 0.3) is 0 Å². The number of nitrogens with zero attached hydrogens (tertiary/aromatic N) is 6. The molecule has 7 nitrogen and oxygen atoms in total. The second-order valence-corrected chi connectivity index (χ2v) is 9.97. The molecule has 1 aliphatic heterocycles. The molecule has 0 saturated carbocycles. The Morgan fingerprint density at radius 3 is 2.59 bits per heavy atom. The van der Waals surface area contributed by atoms with Crippen molar-refractivity contribution in [3.05, 3.63) is 60.0 Å². The molecule has 176 valence electrons. The van der Waals surface area contributed by atoms with Crippen molar-refractivity contribution in [3.8, 4) is 11.3 Å². The van der Waals surface area contributed by atoms with Gasteiger partial charge in [-0.1, -0.05) is 17.4 Å². The van der Waals surface area contributed by atoms with Crippen molar-refractivity contribution in [1.29, 1.82) is 0 Å². The molecule has 1 aromatic carbocycles. The van der Waals surface area contributed by atoms with Gasteiger partial charge in [-0.3, -0.25) is 9.88 Å². The van der Waals surface area contributed by atoms with Gasteiger partial charge >= 0.3 is 0 Å². The lowest BCUT2D eigenvalue weighted by molar-refractivity contribution is 0.264. The molecular formula is C25H28FN7S. The molecule has 5 rings (SSSR count). The van der Waals surface area contributed by atoms with Crippen LogP contribution < -0.4 is 10.6 Å². The van der Waals surface area contributed by atoms with Gasteiger partial charge in [-0.2, -0.15) is 0 Å². The van der Waals surface area contributed by atoms with Crippen LogP contribution in [0.5, 0.6) is 0 Å². The zero-order chi connectivity index (χ0) is 23.8. The number of thiazole rings is 1. The Kier molecular flexibility index (Phi) is 6.16. The van der Waals surface area contributed by atoms with Gasteiger partial charge in [0, 0.05) is 50.2 Å². The maximum absolute atomic E-state index is 13.4. The molecule has 1 fully saturated rings. The highest BCUT2D eigenvalue weighted by molar-refractivity contribution is 7.21. The van der Waals surface area contributed by atoms with E-state index in [9.17, 15) is 4.39 Å². The number of hydrogen-bond donors (Lipinski definition) is 1. The molecule has 0 spiro atoms. The highest BCUT2D eigenvalue weighted by atomic mass is 32.1. The summed E-state index contributed by atoms with van der Waals surface area (Å²) in [6.07, 6.45) is 3.15. The van der Waals surface area contributed by atoms with Crippen LogP contribution in [0.25, 0.3) is 21.6 Å². The van der Waals surface area contributed by atoms with Gasteiger partial charge in [0.05, 0.1) is 5.69 Å². The van der Waals surface area contributed by atoms with Gasteiger partial charge in [0.15, 0.2) is 5.13 Å². The van der Waals surface area contributed by atoms with E-state index >= 15 is 0 Å². The molecule has 0 amide bonds. The third kappa shape index (κ3) is 4.59. The van der Waals surface area contributed by atoms with Crippen LogP contribution in [0.1, 0.15) is 12.0 Å². The number of halogens is 1. The molecule has 1 unspecified atom stereocenters. The van der Waals surface area contributed by atoms with E-state index in [4.69, 9.17) is 15.7 Å². The predicted octanol–water partition coefficient (Wildman–Crippen LogP) is 4.38. The van der Waals surface area contributed by atoms with Crippen LogP contribution in [0.4, 0.5) is 21.0 Å². The first-order valence-electron chi connectivity index (χ1n) is 11.3. The van der Waals surface area contributed by atoms with Gasteiger partial charge in [0.1, 0.15) is 22.0 Å². The molecule has 0 radical (unpaired) electrons. The van der Waals surface area contributed by atoms with Crippen LogP contribution in [0.3, 0.4) is 0 Å². The van der Waals surface area contributed by atoms with E-state index < -0.39 is 0 Å². The van der Waals surface area contributed by atoms with E-state index in [1.807, 2.05) is 30.3 Å². The summed E-state index contributed by atoms with van der Waals surface area (Å²) in [5.41, 5.74) is 10.5. The number of benzene rings is 1. The summed E-state index contributed by atoms with van der Waals surface area (Å²) in [7, 11) is 6.20. The number of nitrogens with two attached hydrogens (primary N) is 1. The van der Waals surface area contributed by atoms with E-state index in [0.717, 1.165) is 52.7 Å². The molecule has 0 bridgehead atoms. The van der Waals surface area contributed by atoms with E-state index in [-0.39, 0.29) is 5.82 Å². The van der Waals surface area contributed by atoms with Crippen LogP contribution >= 0.6 is 11.3 Å². The fourth-order valence-electron chi connectivity index (χ4n) is 4.39. The van der Waals surface area contributed by atoms with Crippen molar-refractivity contribution >= 4 is 38.3 Å². The Bertz CT molecular complexity index is 1290. The standard InChI is InChI=1S/C25H28FN7S/c1-31(2)19-10-11-33(15-19)14-16-4-9-21(28-13-16)20-12-22(29-24-23(20)30-25(27)34-24)32(3)18-7-5-17(26)6-8-18/h4-9,12-13,19H,10-11,14-15H2,1-3H3,(H2,27,30). The van der Waals surface area contributed by atoms with E-state index in [1.54, 1.807) is 12.1 Å². The monoisotopic (exact) mass is 477 g/mol. The summed E-state index contributed by atoms with van der Waals surface area (Å²) in [5.74, 6) is 0.447. The lowest BCUT2D eigenvalue weighted by atomic mass is 10.1. The van der Waals surface area contributed by atoms with Crippen LogP contribution in [0, 0.1) is 5.82 Å². The second kappa shape index (κ2) is 9.25. The van der Waals surface area contributed by atoms with Crippen LogP contribution in [0.15, 0.2) is 48.7 Å². The topological polar surface area (TPSA) is 74.4 Å².